The molecule has 0 aromatic carbocycles. The Hall–Kier alpha value is -0.970. The van der Waals surface area contributed by atoms with Crippen LogP contribution in [0.15, 0.2) is 20.9 Å². The van der Waals surface area contributed by atoms with E-state index in [1.165, 1.54) is 11.3 Å². The quantitative estimate of drug-likeness (QED) is 0.769. The lowest BCUT2D eigenvalue weighted by Crippen LogP contribution is -2.42. The average Bonchev–Trinajstić information content (AvgIpc) is 3.29. The maximum atomic E-state index is 12.8. The topological polar surface area (TPSA) is 93.5 Å². The van der Waals surface area contributed by atoms with Crippen molar-refractivity contribution >= 4 is 33.8 Å². The summed E-state index contributed by atoms with van der Waals surface area (Å²) in [6.45, 7) is 5.96. The lowest BCUT2D eigenvalue weighted by Gasteiger charge is -2.32. The smallest absolute Gasteiger partial charge is 0.250 e. The molecule has 1 atom stereocenters. The molecule has 2 aliphatic heterocycles. The van der Waals surface area contributed by atoms with Crippen LogP contribution in [0, 0.1) is 13.8 Å². The molecule has 2 aromatic rings. The fourth-order valence-corrected chi connectivity index (χ4v) is 6.55. The number of sulfonamides is 1. The molecule has 0 aliphatic carbocycles. The van der Waals surface area contributed by atoms with Crippen LogP contribution in [0.3, 0.4) is 0 Å². The first-order chi connectivity index (χ1) is 12.4. The number of nitrogens with zero attached hydrogens (tertiary/aromatic N) is 1. The number of aromatic nitrogens is 1. The van der Waals surface area contributed by atoms with Gasteiger partial charge in [-0.3, -0.25) is 0 Å². The first-order valence-electron chi connectivity index (χ1n) is 8.79. The Morgan fingerprint density at radius 2 is 2.04 bits per heavy atom. The third kappa shape index (κ3) is 4.08. The Balaban J connectivity index is 0.00000210. The van der Waals surface area contributed by atoms with Crippen molar-refractivity contribution in [3.8, 4) is 10.4 Å². The van der Waals surface area contributed by atoms with Crippen LogP contribution < -0.4 is 10.0 Å². The van der Waals surface area contributed by atoms with Crippen LogP contribution in [0.1, 0.15) is 30.7 Å². The minimum Gasteiger partial charge on any atom is -0.373 e. The summed E-state index contributed by atoms with van der Waals surface area (Å²) in [5, 5.41) is 7.26. The summed E-state index contributed by atoms with van der Waals surface area (Å²) in [6, 6.07) is 3.28. The van der Waals surface area contributed by atoms with Gasteiger partial charge in [0.05, 0.1) is 23.5 Å². The van der Waals surface area contributed by atoms with Gasteiger partial charge in [-0.2, -0.15) is 0 Å². The number of ether oxygens (including phenoxy) is 1. The molecule has 10 heteroatoms. The zero-order valence-corrected chi connectivity index (χ0v) is 17.7. The van der Waals surface area contributed by atoms with E-state index in [1.54, 1.807) is 6.07 Å². The Labute approximate surface area is 169 Å². The van der Waals surface area contributed by atoms with E-state index >= 15 is 0 Å². The largest absolute Gasteiger partial charge is 0.373 e. The summed E-state index contributed by atoms with van der Waals surface area (Å²) >= 11 is 1.24. The van der Waals surface area contributed by atoms with Gasteiger partial charge in [0.25, 0.3) is 0 Å². The van der Waals surface area contributed by atoms with Gasteiger partial charge in [0, 0.05) is 10.9 Å². The van der Waals surface area contributed by atoms with Gasteiger partial charge in [0.1, 0.15) is 9.97 Å². The molecule has 27 heavy (non-hydrogen) atoms. The molecule has 150 valence electrons. The summed E-state index contributed by atoms with van der Waals surface area (Å²) in [4.78, 5) is 0.846. The summed E-state index contributed by atoms with van der Waals surface area (Å²) in [5.41, 5.74) is 1.46. The zero-order chi connectivity index (χ0) is 18.4. The van der Waals surface area contributed by atoms with Crippen LogP contribution in [-0.2, 0) is 14.8 Å². The maximum Gasteiger partial charge on any atom is 0.250 e. The fourth-order valence-electron chi connectivity index (χ4n) is 3.86. The van der Waals surface area contributed by atoms with E-state index in [0.29, 0.717) is 16.6 Å². The van der Waals surface area contributed by atoms with Crippen molar-refractivity contribution in [2.45, 2.75) is 49.0 Å². The highest BCUT2D eigenvalue weighted by molar-refractivity contribution is 7.91. The number of hydrogen-bond acceptors (Lipinski definition) is 7. The lowest BCUT2D eigenvalue weighted by molar-refractivity contribution is -0.0193. The molecular formula is C17H24ClN3O4S2. The lowest BCUT2D eigenvalue weighted by atomic mass is 9.88. The van der Waals surface area contributed by atoms with Crippen LogP contribution in [-0.4, -0.2) is 44.9 Å². The third-order valence-electron chi connectivity index (χ3n) is 5.17. The average molecular weight is 434 g/mol. The second-order valence-corrected chi connectivity index (χ2v) is 10.1. The van der Waals surface area contributed by atoms with Gasteiger partial charge in [0.2, 0.25) is 10.0 Å². The number of piperidine rings is 1. The summed E-state index contributed by atoms with van der Waals surface area (Å²) in [6.07, 6.45) is 2.59. The third-order valence-corrected chi connectivity index (χ3v) is 8.29. The Kier molecular flexibility index (Phi) is 6.00. The predicted octanol–water partition coefficient (Wildman–Crippen LogP) is 2.63. The number of thiophene rings is 1. The van der Waals surface area contributed by atoms with Crippen LogP contribution >= 0.6 is 23.7 Å². The molecule has 0 radical (unpaired) electrons. The monoisotopic (exact) mass is 433 g/mol. The van der Waals surface area contributed by atoms with Crippen molar-refractivity contribution in [1.29, 1.82) is 0 Å². The molecule has 2 aromatic heterocycles. The van der Waals surface area contributed by atoms with Crippen LogP contribution in [0.5, 0.6) is 0 Å². The van der Waals surface area contributed by atoms with Crippen molar-refractivity contribution in [3.05, 3.63) is 23.6 Å². The number of aryl methyl sites for hydroxylation is 2. The van der Waals surface area contributed by atoms with Crippen molar-refractivity contribution in [3.63, 3.8) is 0 Å². The van der Waals surface area contributed by atoms with E-state index in [1.807, 2.05) is 19.9 Å². The molecule has 2 fully saturated rings. The highest BCUT2D eigenvalue weighted by atomic mass is 35.5. The molecule has 0 saturated carbocycles. The van der Waals surface area contributed by atoms with Crippen LogP contribution in [0.2, 0.25) is 0 Å². The summed E-state index contributed by atoms with van der Waals surface area (Å²) in [7, 11) is -3.57. The number of rotatable bonds is 4. The van der Waals surface area contributed by atoms with Crippen LogP contribution in [0.4, 0.5) is 0 Å². The molecular weight excluding hydrogens is 410 g/mol. The molecule has 1 spiro atoms. The second kappa shape index (κ2) is 7.81. The van der Waals surface area contributed by atoms with Crippen molar-refractivity contribution < 1.29 is 17.7 Å². The maximum absolute atomic E-state index is 12.8. The Morgan fingerprint density at radius 3 is 2.70 bits per heavy atom. The first-order valence-corrected chi connectivity index (χ1v) is 11.1. The normalized spacial score (nSPS) is 22.1. The molecule has 0 bridgehead atoms. The van der Waals surface area contributed by atoms with Gasteiger partial charge in [-0.15, -0.1) is 23.7 Å². The van der Waals surface area contributed by atoms with E-state index in [4.69, 9.17) is 9.26 Å². The summed E-state index contributed by atoms with van der Waals surface area (Å²) < 4.78 is 39.9. The zero-order valence-electron chi connectivity index (χ0n) is 15.3. The van der Waals surface area contributed by atoms with E-state index in [9.17, 15) is 8.42 Å². The van der Waals surface area contributed by atoms with Gasteiger partial charge in [-0.25, -0.2) is 13.1 Å². The SMILES string of the molecule is Cc1noc(C)c1-c1ccc(S(=O)(=O)NC2COC3(CCNCC3)C2)s1.Cl. The standard InChI is InChI=1S/C17H23N3O4S2.ClH/c1-11-16(12(2)24-19-11)14-3-4-15(25-14)26(21,22)20-13-9-17(23-10-13)5-7-18-8-6-17;/h3-4,13,18,20H,5-10H2,1-2H3;1H. The molecule has 2 saturated heterocycles. The van der Waals surface area contributed by atoms with Gasteiger partial charge >= 0.3 is 0 Å². The number of halogens is 1. The fraction of sp³-hybridized carbons (Fsp3) is 0.588. The van der Waals surface area contributed by atoms with Gasteiger partial charge in [-0.05, 0) is 58.3 Å². The number of hydrogen-bond donors (Lipinski definition) is 2. The summed E-state index contributed by atoms with van der Waals surface area (Å²) in [5.74, 6) is 0.693. The highest BCUT2D eigenvalue weighted by Gasteiger charge is 2.42. The Morgan fingerprint density at radius 1 is 1.30 bits per heavy atom. The van der Waals surface area contributed by atoms with E-state index < -0.39 is 10.0 Å². The Bertz CT molecular complexity index is 884. The van der Waals surface area contributed by atoms with Gasteiger partial charge < -0.3 is 14.6 Å². The predicted molar refractivity (Wildman–Crippen MR) is 106 cm³/mol. The molecule has 2 N–H and O–H groups in total. The first kappa shape index (κ1) is 20.8. The van der Waals surface area contributed by atoms with Crippen LogP contribution in [0.25, 0.3) is 10.4 Å². The van der Waals surface area contributed by atoms with E-state index in [-0.39, 0.29) is 24.0 Å². The molecule has 2 aliphatic rings. The van der Waals surface area contributed by atoms with Crippen molar-refractivity contribution in [1.82, 2.24) is 15.2 Å². The molecule has 0 amide bonds. The minimum atomic E-state index is -3.57. The van der Waals surface area contributed by atoms with Gasteiger partial charge in [0.15, 0.2) is 0 Å². The number of nitrogens with one attached hydrogen (secondary N) is 2. The van der Waals surface area contributed by atoms with E-state index in [0.717, 1.165) is 48.5 Å². The minimum absolute atomic E-state index is 0. The second-order valence-electron chi connectivity index (χ2n) is 7.08. The highest BCUT2D eigenvalue weighted by Crippen LogP contribution is 2.37. The molecule has 7 nitrogen and oxygen atoms in total. The van der Waals surface area contributed by atoms with Crippen molar-refractivity contribution in [2.24, 2.45) is 0 Å². The molecule has 4 rings (SSSR count). The van der Waals surface area contributed by atoms with E-state index in [2.05, 4.69) is 15.2 Å². The molecule has 4 heterocycles. The van der Waals surface area contributed by atoms with Gasteiger partial charge in [-0.1, -0.05) is 5.16 Å². The van der Waals surface area contributed by atoms with Crippen molar-refractivity contribution in [2.75, 3.05) is 19.7 Å². The molecule has 1 unspecified atom stereocenters.